The molecule has 1 heterocycles. The number of carbonyl (C=O) groups excluding carboxylic acids is 1. The average Bonchev–Trinajstić information content (AvgIpc) is 2.41. The van der Waals surface area contributed by atoms with Gasteiger partial charge in [-0.3, -0.25) is 19.7 Å². The van der Waals surface area contributed by atoms with Gasteiger partial charge in [-0.15, -0.1) is 0 Å². The number of nitro groups is 1. The van der Waals surface area contributed by atoms with Gasteiger partial charge in [0, 0.05) is 17.8 Å². The second-order valence-corrected chi connectivity index (χ2v) is 4.36. The first-order chi connectivity index (χ1) is 9.49. The van der Waals surface area contributed by atoms with Crippen LogP contribution in [0.5, 0.6) is 0 Å². The lowest BCUT2D eigenvalue weighted by Gasteiger charge is -2.07. The summed E-state index contributed by atoms with van der Waals surface area (Å²) in [5, 5.41) is 10.7. The van der Waals surface area contributed by atoms with E-state index in [4.69, 9.17) is 0 Å². The standard InChI is InChI=1S/C14H12N2O4/c1-10-4-2-3-5-11(10)14(18)9-15-7-6-13(17)12(8-15)16(19)20/h2-8H,9H2,1H3. The Morgan fingerprint density at radius 2 is 2.00 bits per heavy atom. The fraction of sp³-hybridized carbons (Fsp3) is 0.143. The van der Waals surface area contributed by atoms with Gasteiger partial charge in [-0.05, 0) is 12.5 Å². The lowest BCUT2D eigenvalue weighted by atomic mass is 10.1. The smallest absolute Gasteiger partial charge is 0.332 e. The zero-order valence-electron chi connectivity index (χ0n) is 10.8. The van der Waals surface area contributed by atoms with E-state index in [2.05, 4.69) is 0 Å². The zero-order chi connectivity index (χ0) is 14.7. The highest BCUT2D eigenvalue weighted by atomic mass is 16.6. The van der Waals surface area contributed by atoms with Crippen LogP contribution < -0.4 is 5.43 Å². The molecular weight excluding hydrogens is 260 g/mol. The molecule has 0 radical (unpaired) electrons. The molecule has 6 nitrogen and oxygen atoms in total. The topological polar surface area (TPSA) is 82.2 Å². The van der Waals surface area contributed by atoms with Crippen molar-refractivity contribution in [1.29, 1.82) is 0 Å². The molecule has 0 atom stereocenters. The molecule has 6 heteroatoms. The first-order valence-corrected chi connectivity index (χ1v) is 5.92. The number of pyridine rings is 1. The molecule has 0 aliphatic heterocycles. The minimum absolute atomic E-state index is 0.0496. The van der Waals surface area contributed by atoms with Crippen LogP contribution in [0.2, 0.25) is 0 Å². The molecule has 0 aliphatic rings. The molecule has 0 saturated heterocycles. The number of hydrogen-bond donors (Lipinski definition) is 0. The molecule has 0 amide bonds. The molecule has 0 spiro atoms. The predicted octanol–water partition coefficient (Wildman–Crippen LogP) is 1.95. The summed E-state index contributed by atoms with van der Waals surface area (Å²) in [5.74, 6) is -0.166. The second-order valence-electron chi connectivity index (χ2n) is 4.36. The van der Waals surface area contributed by atoms with Gasteiger partial charge >= 0.3 is 5.69 Å². The second kappa shape index (κ2) is 5.48. The maximum Gasteiger partial charge on any atom is 0.332 e. The van der Waals surface area contributed by atoms with Crippen molar-refractivity contribution >= 4 is 11.5 Å². The first kappa shape index (κ1) is 13.7. The number of aryl methyl sites for hydroxylation is 1. The van der Waals surface area contributed by atoms with E-state index < -0.39 is 16.0 Å². The van der Waals surface area contributed by atoms with Crippen LogP contribution >= 0.6 is 0 Å². The minimum Gasteiger partial charge on any atom is -0.340 e. The number of rotatable bonds is 4. The Kier molecular flexibility index (Phi) is 3.74. The van der Waals surface area contributed by atoms with E-state index in [9.17, 15) is 19.7 Å². The van der Waals surface area contributed by atoms with Gasteiger partial charge in [-0.25, -0.2) is 0 Å². The van der Waals surface area contributed by atoms with Crippen LogP contribution in [0.3, 0.4) is 0 Å². The minimum atomic E-state index is -0.753. The Bertz CT molecular complexity index is 734. The molecule has 0 saturated carbocycles. The number of Topliss-reactive ketones (excluding diaryl/α,β-unsaturated/α-hetero) is 1. The van der Waals surface area contributed by atoms with Gasteiger partial charge in [0.1, 0.15) is 0 Å². The van der Waals surface area contributed by atoms with Crippen LogP contribution in [-0.2, 0) is 6.54 Å². The zero-order valence-corrected chi connectivity index (χ0v) is 10.8. The largest absolute Gasteiger partial charge is 0.340 e. The molecule has 1 aromatic carbocycles. The highest BCUT2D eigenvalue weighted by Gasteiger charge is 2.14. The number of aromatic nitrogens is 1. The van der Waals surface area contributed by atoms with Gasteiger partial charge in [0.25, 0.3) is 5.43 Å². The van der Waals surface area contributed by atoms with Gasteiger partial charge in [-0.2, -0.15) is 0 Å². The third kappa shape index (κ3) is 2.80. The van der Waals surface area contributed by atoms with E-state index in [0.717, 1.165) is 17.8 Å². The predicted molar refractivity (Wildman–Crippen MR) is 72.9 cm³/mol. The number of ketones is 1. The van der Waals surface area contributed by atoms with Gasteiger partial charge in [0.05, 0.1) is 17.7 Å². The van der Waals surface area contributed by atoms with Crippen LogP contribution in [0.25, 0.3) is 0 Å². The van der Waals surface area contributed by atoms with Crippen molar-refractivity contribution in [1.82, 2.24) is 4.57 Å². The molecule has 2 aromatic rings. The fourth-order valence-corrected chi connectivity index (χ4v) is 1.88. The molecule has 0 fully saturated rings. The molecule has 0 N–H and O–H groups in total. The van der Waals surface area contributed by atoms with Crippen LogP contribution in [0.15, 0.2) is 47.5 Å². The number of nitrogens with zero attached hydrogens (tertiary/aromatic N) is 2. The molecule has 20 heavy (non-hydrogen) atoms. The average molecular weight is 272 g/mol. The highest BCUT2D eigenvalue weighted by Crippen LogP contribution is 2.10. The summed E-state index contributed by atoms with van der Waals surface area (Å²) in [4.78, 5) is 33.4. The van der Waals surface area contributed by atoms with E-state index in [1.54, 1.807) is 12.1 Å². The lowest BCUT2D eigenvalue weighted by molar-refractivity contribution is -0.386. The summed E-state index contributed by atoms with van der Waals surface area (Å²) < 4.78 is 1.34. The Labute approximate surface area is 114 Å². The summed E-state index contributed by atoms with van der Waals surface area (Å²) in [6, 6.07) is 8.20. The van der Waals surface area contributed by atoms with Gasteiger partial charge in [0.2, 0.25) is 0 Å². The van der Waals surface area contributed by atoms with Crippen LogP contribution in [0.1, 0.15) is 15.9 Å². The Morgan fingerprint density at radius 3 is 2.65 bits per heavy atom. The SMILES string of the molecule is Cc1ccccc1C(=O)Cn1ccc(=O)c([N+](=O)[O-])c1. The van der Waals surface area contributed by atoms with Gasteiger partial charge in [-0.1, -0.05) is 24.3 Å². The molecule has 0 unspecified atom stereocenters. The van der Waals surface area contributed by atoms with Crippen molar-refractivity contribution in [2.75, 3.05) is 0 Å². The Morgan fingerprint density at radius 1 is 1.30 bits per heavy atom. The van der Waals surface area contributed by atoms with E-state index in [-0.39, 0.29) is 12.3 Å². The van der Waals surface area contributed by atoms with Crippen LogP contribution in [0, 0.1) is 17.0 Å². The normalized spacial score (nSPS) is 10.2. The van der Waals surface area contributed by atoms with Gasteiger partial charge in [0.15, 0.2) is 5.78 Å². The maximum atomic E-state index is 12.1. The van der Waals surface area contributed by atoms with Gasteiger partial charge < -0.3 is 4.57 Å². The molecule has 0 aliphatic carbocycles. The monoisotopic (exact) mass is 272 g/mol. The van der Waals surface area contributed by atoms with Crippen LogP contribution in [-0.4, -0.2) is 15.3 Å². The van der Waals surface area contributed by atoms with Crippen molar-refractivity contribution in [3.8, 4) is 0 Å². The van der Waals surface area contributed by atoms with Crippen molar-refractivity contribution < 1.29 is 9.72 Å². The Balaban J connectivity index is 2.29. The van der Waals surface area contributed by atoms with E-state index >= 15 is 0 Å². The van der Waals surface area contributed by atoms with Crippen LogP contribution in [0.4, 0.5) is 5.69 Å². The molecule has 1 aromatic heterocycles. The maximum absolute atomic E-state index is 12.1. The third-order valence-corrected chi connectivity index (χ3v) is 2.93. The summed E-state index contributed by atoms with van der Waals surface area (Å²) in [5.41, 5.74) is 0.196. The highest BCUT2D eigenvalue weighted by molar-refractivity contribution is 5.97. The summed E-state index contributed by atoms with van der Waals surface area (Å²) in [6.45, 7) is 1.77. The molecule has 0 bridgehead atoms. The number of hydrogen-bond acceptors (Lipinski definition) is 4. The summed E-state index contributed by atoms with van der Waals surface area (Å²) >= 11 is 0. The van der Waals surface area contributed by atoms with Crippen molar-refractivity contribution in [3.05, 3.63) is 74.2 Å². The number of benzene rings is 1. The van der Waals surface area contributed by atoms with Crippen molar-refractivity contribution in [3.63, 3.8) is 0 Å². The van der Waals surface area contributed by atoms with E-state index in [0.29, 0.717) is 5.56 Å². The van der Waals surface area contributed by atoms with E-state index in [1.165, 1.54) is 10.8 Å². The summed E-state index contributed by atoms with van der Waals surface area (Å²) in [6.07, 6.45) is 2.45. The quantitative estimate of drug-likeness (QED) is 0.484. The molecular formula is C14H12N2O4. The number of carbonyl (C=O) groups is 1. The fourth-order valence-electron chi connectivity index (χ4n) is 1.88. The van der Waals surface area contributed by atoms with E-state index in [1.807, 2.05) is 19.1 Å². The van der Waals surface area contributed by atoms with Crippen molar-refractivity contribution in [2.45, 2.75) is 13.5 Å². The third-order valence-electron chi connectivity index (χ3n) is 2.93. The first-order valence-electron chi connectivity index (χ1n) is 5.92. The van der Waals surface area contributed by atoms with Crippen molar-refractivity contribution in [2.24, 2.45) is 0 Å². The summed E-state index contributed by atoms with van der Waals surface area (Å²) in [7, 11) is 0. The Hall–Kier alpha value is -2.76. The molecule has 102 valence electrons. The molecule has 2 rings (SSSR count). The lowest BCUT2D eigenvalue weighted by Crippen LogP contribution is -2.15.